The highest BCUT2D eigenvalue weighted by atomic mass is 32.3. The Hall–Kier alpha value is -1.34. The summed E-state index contributed by atoms with van der Waals surface area (Å²) in [6.45, 7) is -0.245. The van der Waals surface area contributed by atoms with Crippen molar-refractivity contribution in [3.63, 3.8) is 0 Å². The van der Waals surface area contributed by atoms with Gasteiger partial charge in [0.05, 0.1) is 10.8 Å². The van der Waals surface area contributed by atoms with Crippen molar-refractivity contribution in [2.75, 3.05) is 19.8 Å². The maximum atomic E-state index is 12.9. The lowest BCUT2D eigenvalue weighted by Crippen LogP contribution is -2.26. The Morgan fingerprint density at radius 1 is 1.42 bits per heavy atom. The first kappa shape index (κ1) is 14.1. The second-order valence-corrected chi connectivity index (χ2v) is 5.75. The molecular formula is C12H13F2NO3S. The second-order valence-electron chi connectivity index (χ2n) is 4.41. The lowest BCUT2D eigenvalue weighted by atomic mass is 9.91. The Bertz CT molecular complexity index is 601. The summed E-state index contributed by atoms with van der Waals surface area (Å²) in [6, 6.07) is 3.72. The maximum Gasteiger partial charge on any atom is 0.332 e. The van der Waals surface area contributed by atoms with E-state index in [4.69, 9.17) is 0 Å². The number of fused-ring (bicyclic) bond motifs is 1. The average Bonchev–Trinajstić information content (AvgIpc) is 2.58. The zero-order valence-corrected chi connectivity index (χ0v) is 10.8. The summed E-state index contributed by atoms with van der Waals surface area (Å²) < 4.78 is 47.2. The van der Waals surface area contributed by atoms with Crippen LogP contribution in [0.5, 0.6) is 0 Å². The van der Waals surface area contributed by atoms with Gasteiger partial charge < -0.3 is 5.32 Å². The van der Waals surface area contributed by atoms with Crippen molar-refractivity contribution in [3.8, 4) is 0 Å². The van der Waals surface area contributed by atoms with Gasteiger partial charge >= 0.3 is 10.2 Å². The molecule has 1 atom stereocenters. The van der Waals surface area contributed by atoms with Gasteiger partial charge in [0.25, 0.3) is 0 Å². The van der Waals surface area contributed by atoms with Gasteiger partial charge in [-0.25, -0.2) is 4.39 Å². The number of alkyl halides is 1. The molecule has 1 aromatic rings. The fourth-order valence-corrected chi connectivity index (χ4v) is 2.76. The number of Topliss-reactive ketones (excluding diaryl/α,β-unsaturated/α-hetero) is 1. The molecule has 1 aliphatic rings. The van der Waals surface area contributed by atoms with Gasteiger partial charge in [0.15, 0.2) is 5.78 Å². The van der Waals surface area contributed by atoms with E-state index in [0.717, 1.165) is 6.07 Å². The molecule has 1 unspecified atom stereocenters. The quantitative estimate of drug-likeness (QED) is 0.847. The van der Waals surface area contributed by atoms with Crippen molar-refractivity contribution >= 4 is 16.0 Å². The van der Waals surface area contributed by atoms with Crippen molar-refractivity contribution < 1.29 is 21.5 Å². The minimum Gasteiger partial charge on any atom is -0.315 e. The molecule has 104 valence electrons. The van der Waals surface area contributed by atoms with E-state index in [1.54, 1.807) is 0 Å². The molecule has 0 fully saturated rings. The highest BCUT2D eigenvalue weighted by molar-refractivity contribution is 7.86. The monoisotopic (exact) mass is 289 g/mol. The topological polar surface area (TPSA) is 63.2 Å². The van der Waals surface area contributed by atoms with E-state index in [2.05, 4.69) is 5.32 Å². The summed E-state index contributed by atoms with van der Waals surface area (Å²) in [4.78, 5) is 11.1. The van der Waals surface area contributed by atoms with Gasteiger partial charge in [-0.1, -0.05) is 6.07 Å². The number of ketones is 1. The number of nitrogens with one attached hydrogen (secondary N) is 1. The fourth-order valence-electron chi connectivity index (χ4n) is 2.25. The van der Waals surface area contributed by atoms with Gasteiger partial charge in [0, 0.05) is 6.54 Å². The first-order chi connectivity index (χ1) is 8.93. The molecule has 1 N–H and O–H groups in total. The molecule has 7 heteroatoms. The van der Waals surface area contributed by atoms with Crippen LogP contribution in [0.4, 0.5) is 8.28 Å². The third kappa shape index (κ3) is 2.98. The molecule has 19 heavy (non-hydrogen) atoms. The molecule has 0 bridgehead atoms. The average molecular weight is 289 g/mol. The van der Waals surface area contributed by atoms with Crippen LogP contribution in [-0.2, 0) is 21.4 Å². The molecule has 1 aromatic carbocycles. The van der Waals surface area contributed by atoms with Crippen molar-refractivity contribution in [2.24, 2.45) is 0 Å². The number of benzene rings is 1. The summed E-state index contributed by atoms with van der Waals surface area (Å²) >= 11 is 0. The van der Waals surface area contributed by atoms with Crippen LogP contribution in [0.3, 0.4) is 0 Å². The fraction of sp³-hybridized carbons (Fsp3) is 0.417. The lowest BCUT2D eigenvalue weighted by molar-refractivity contribution is -0.121. The molecule has 0 spiro atoms. The third-order valence-electron chi connectivity index (χ3n) is 3.21. The molecule has 1 aliphatic heterocycles. The highest BCUT2D eigenvalue weighted by Crippen LogP contribution is 2.27. The number of carbonyl (C=O) groups excluding carboxylic acids is 1. The maximum absolute atomic E-state index is 12.9. The summed E-state index contributed by atoms with van der Waals surface area (Å²) in [5, 5.41) is 2.99. The van der Waals surface area contributed by atoms with Crippen LogP contribution in [0.1, 0.15) is 17.0 Å². The van der Waals surface area contributed by atoms with Crippen molar-refractivity contribution in [2.45, 2.75) is 17.2 Å². The predicted molar refractivity (Wildman–Crippen MR) is 65.0 cm³/mol. The van der Waals surface area contributed by atoms with Gasteiger partial charge in [0.1, 0.15) is 6.67 Å². The van der Waals surface area contributed by atoms with Crippen molar-refractivity contribution in [3.05, 3.63) is 29.3 Å². The van der Waals surface area contributed by atoms with Gasteiger partial charge in [-0.05, 0) is 36.2 Å². The van der Waals surface area contributed by atoms with Gasteiger partial charge in [0.2, 0.25) is 0 Å². The summed E-state index contributed by atoms with van der Waals surface area (Å²) in [5.41, 5.74) is 1.13. The standard InChI is InChI=1S/C12H13F2NO3S/c13-6-12(16)11-7-15-4-3-8-5-9(19(14,17)18)1-2-10(8)11/h1-2,5,11,15H,3-4,6-7H2. The zero-order chi connectivity index (χ0) is 14.0. The van der Waals surface area contributed by atoms with E-state index in [0.29, 0.717) is 30.6 Å². The van der Waals surface area contributed by atoms with Gasteiger partial charge in [-0.2, -0.15) is 8.42 Å². The summed E-state index contributed by atoms with van der Waals surface area (Å²) in [5.74, 6) is -1.22. The Kier molecular flexibility index (Phi) is 3.96. The predicted octanol–water partition coefficient (Wildman–Crippen LogP) is 1.11. The lowest BCUT2D eigenvalue weighted by Gasteiger charge is -2.15. The van der Waals surface area contributed by atoms with Crippen LogP contribution < -0.4 is 5.32 Å². The van der Waals surface area contributed by atoms with E-state index in [1.165, 1.54) is 12.1 Å². The second kappa shape index (κ2) is 5.34. The van der Waals surface area contributed by atoms with E-state index >= 15 is 0 Å². The molecule has 0 aliphatic carbocycles. The Balaban J connectivity index is 2.49. The number of carbonyl (C=O) groups is 1. The first-order valence-electron chi connectivity index (χ1n) is 5.80. The van der Waals surface area contributed by atoms with Crippen LogP contribution in [0.25, 0.3) is 0 Å². The molecule has 1 heterocycles. The Labute approximate surface area is 110 Å². The smallest absolute Gasteiger partial charge is 0.315 e. The van der Waals surface area contributed by atoms with E-state index in [-0.39, 0.29) is 0 Å². The summed E-state index contributed by atoms with van der Waals surface area (Å²) in [7, 11) is -4.77. The van der Waals surface area contributed by atoms with E-state index in [9.17, 15) is 21.5 Å². The molecule has 0 aromatic heterocycles. The number of halogens is 2. The SMILES string of the molecule is O=C(CF)C1CNCCc2cc(S(=O)(=O)F)ccc21. The highest BCUT2D eigenvalue weighted by Gasteiger charge is 2.26. The molecule has 0 saturated heterocycles. The molecule has 0 radical (unpaired) electrons. The number of hydrogen-bond donors (Lipinski definition) is 1. The van der Waals surface area contributed by atoms with Crippen molar-refractivity contribution in [1.82, 2.24) is 5.32 Å². The largest absolute Gasteiger partial charge is 0.332 e. The third-order valence-corrected chi connectivity index (χ3v) is 4.03. The molecule has 0 saturated carbocycles. The molecule has 0 amide bonds. The molecule has 2 rings (SSSR count). The molecular weight excluding hydrogens is 276 g/mol. The van der Waals surface area contributed by atoms with Crippen LogP contribution in [0.15, 0.2) is 23.1 Å². The minimum atomic E-state index is -4.77. The van der Waals surface area contributed by atoms with E-state index in [1.807, 2.05) is 0 Å². The Morgan fingerprint density at radius 3 is 2.79 bits per heavy atom. The van der Waals surface area contributed by atoms with Crippen LogP contribution >= 0.6 is 0 Å². The van der Waals surface area contributed by atoms with Gasteiger partial charge in [-0.3, -0.25) is 4.79 Å². The van der Waals surface area contributed by atoms with Crippen LogP contribution in [0.2, 0.25) is 0 Å². The van der Waals surface area contributed by atoms with Crippen molar-refractivity contribution in [1.29, 1.82) is 0 Å². The molecule has 4 nitrogen and oxygen atoms in total. The number of hydrogen-bond acceptors (Lipinski definition) is 4. The zero-order valence-electron chi connectivity index (χ0n) is 10.0. The Morgan fingerprint density at radius 2 is 2.16 bits per heavy atom. The first-order valence-corrected chi connectivity index (χ1v) is 7.18. The van der Waals surface area contributed by atoms with Crippen LogP contribution in [0, 0.1) is 0 Å². The summed E-state index contributed by atoms with van der Waals surface area (Å²) in [6.07, 6.45) is 0.467. The van der Waals surface area contributed by atoms with Crippen LogP contribution in [-0.4, -0.2) is 34.0 Å². The normalized spacial score (nSPS) is 19.6. The number of rotatable bonds is 3. The van der Waals surface area contributed by atoms with Gasteiger partial charge in [-0.15, -0.1) is 3.89 Å². The minimum absolute atomic E-state index is 0.303. The van der Waals surface area contributed by atoms with E-state index < -0.39 is 33.5 Å².